The van der Waals surface area contributed by atoms with Gasteiger partial charge in [0.25, 0.3) is 0 Å². The lowest BCUT2D eigenvalue weighted by Gasteiger charge is -2.41. The first-order valence-corrected chi connectivity index (χ1v) is 7.46. The normalized spacial score (nSPS) is 23.1. The van der Waals surface area contributed by atoms with Gasteiger partial charge in [-0.25, -0.2) is 0 Å². The van der Waals surface area contributed by atoms with Crippen molar-refractivity contribution in [3.63, 3.8) is 0 Å². The molecule has 2 aromatic rings. The zero-order chi connectivity index (χ0) is 14.7. The minimum absolute atomic E-state index is 0.00235. The van der Waals surface area contributed by atoms with Crippen LogP contribution in [0.1, 0.15) is 23.9 Å². The van der Waals surface area contributed by atoms with Gasteiger partial charge in [-0.2, -0.15) is 0 Å². The first-order valence-electron chi connectivity index (χ1n) is 7.46. The van der Waals surface area contributed by atoms with E-state index in [2.05, 4.69) is 57.4 Å². The lowest BCUT2D eigenvalue weighted by Crippen LogP contribution is -2.56. The maximum atomic E-state index is 4.47. The Bertz CT molecular complexity index is 581. The van der Waals surface area contributed by atoms with Crippen LogP contribution in [0, 0.1) is 6.92 Å². The molecular weight excluding hydrogens is 260 g/mol. The summed E-state index contributed by atoms with van der Waals surface area (Å²) in [6, 6.07) is 10.7. The standard InChI is InChI=1S/C17H22N4/c1-14-10-19-16(11-18-14)12-21-9-8-20-17(2,13-21)15-6-4-3-5-7-15/h3-7,10-11,20H,8-9,12-13H2,1-2H3. The first-order chi connectivity index (χ1) is 10.2. The summed E-state index contributed by atoms with van der Waals surface area (Å²) >= 11 is 0. The van der Waals surface area contributed by atoms with Gasteiger partial charge >= 0.3 is 0 Å². The molecule has 0 bridgehead atoms. The van der Waals surface area contributed by atoms with Gasteiger partial charge < -0.3 is 5.32 Å². The summed E-state index contributed by atoms with van der Waals surface area (Å²) in [5.41, 5.74) is 3.34. The molecule has 0 saturated carbocycles. The van der Waals surface area contributed by atoms with E-state index < -0.39 is 0 Å². The molecule has 21 heavy (non-hydrogen) atoms. The van der Waals surface area contributed by atoms with Gasteiger partial charge in [0.15, 0.2) is 0 Å². The number of hydrogen-bond acceptors (Lipinski definition) is 4. The highest BCUT2D eigenvalue weighted by Gasteiger charge is 2.32. The van der Waals surface area contributed by atoms with E-state index in [1.165, 1.54) is 5.56 Å². The highest BCUT2D eigenvalue weighted by atomic mass is 15.2. The molecule has 4 heteroatoms. The molecule has 0 amide bonds. The number of piperazine rings is 1. The number of nitrogens with zero attached hydrogens (tertiary/aromatic N) is 3. The second kappa shape index (κ2) is 5.92. The third-order valence-corrected chi connectivity index (χ3v) is 4.11. The Morgan fingerprint density at radius 1 is 1.19 bits per heavy atom. The molecule has 1 N–H and O–H groups in total. The number of nitrogens with one attached hydrogen (secondary N) is 1. The summed E-state index contributed by atoms with van der Waals surface area (Å²) in [5, 5.41) is 3.66. The monoisotopic (exact) mass is 282 g/mol. The number of aromatic nitrogens is 2. The van der Waals surface area contributed by atoms with Crippen LogP contribution >= 0.6 is 0 Å². The second-order valence-corrected chi connectivity index (χ2v) is 5.98. The quantitative estimate of drug-likeness (QED) is 0.936. The Morgan fingerprint density at radius 3 is 2.71 bits per heavy atom. The van der Waals surface area contributed by atoms with Crippen molar-refractivity contribution in [2.45, 2.75) is 25.9 Å². The maximum absolute atomic E-state index is 4.47. The topological polar surface area (TPSA) is 41.1 Å². The minimum Gasteiger partial charge on any atom is -0.305 e. The summed E-state index contributed by atoms with van der Waals surface area (Å²) in [7, 11) is 0. The van der Waals surface area contributed by atoms with Crippen LogP contribution in [0.5, 0.6) is 0 Å². The maximum Gasteiger partial charge on any atom is 0.0727 e. The lowest BCUT2D eigenvalue weighted by molar-refractivity contribution is 0.135. The molecule has 1 atom stereocenters. The third kappa shape index (κ3) is 3.28. The summed E-state index contributed by atoms with van der Waals surface area (Å²) in [5.74, 6) is 0. The Morgan fingerprint density at radius 2 is 2.00 bits per heavy atom. The number of rotatable bonds is 3. The van der Waals surface area contributed by atoms with E-state index in [0.717, 1.165) is 37.6 Å². The van der Waals surface area contributed by atoms with E-state index in [4.69, 9.17) is 0 Å². The van der Waals surface area contributed by atoms with Crippen LogP contribution in [0.25, 0.3) is 0 Å². The molecule has 0 spiro atoms. The molecule has 1 aromatic carbocycles. The van der Waals surface area contributed by atoms with Gasteiger partial charge in [0, 0.05) is 38.6 Å². The molecule has 1 fully saturated rings. The van der Waals surface area contributed by atoms with Crippen molar-refractivity contribution in [1.29, 1.82) is 0 Å². The van der Waals surface area contributed by atoms with Gasteiger partial charge in [0.05, 0.1) is 16.9 Å². The molecule has 1 aromatic heterocycles. The van der Waals surface area contributed by atoms with Crippen molar-refractivity contribution in [3.8, 4) is 0 Å². The number of benzene rings is 1. The highest BCUT2D eigenvalue weighted by Crippen LogP contribution is 2.24. The van der Waals surface area contributed by atoms with Crippen molar-refractivity contribution in [2.24, 2.45) is 0 Å². The summed E-state index contributed by atoms with van der Waals surface area (Å²) < 4.78 is 0. The Labute approximate surface area is 126 Å². The van der Waals surface area contributed by atoms with Crippen LogP contribution in [0.3, 0.4) is 0 Å². The zero-order valence-corrected chi connectivity index (χ0v) is 12.7. The fourth-order valence-electron chi connectivity index (χ4n) is 2.94. The Balaban J connectivity index is 1.72. The summed E-state index contributed by atoms with van der Waals surface area (Å²) in [6.45, 7) is 8.11. The van der Waals surface area contributed by atoms with Crippen molar-refractivity contribution >= 4 is 0 Å². The molecule has 1 saturated heterocycles. The minimum atomic E-state index is -0.00235. The number of aryl methyl sites for hydroxylation is 1. The van der Waals surface area contributed by atoms with Crippen LogP contribution in [-0.2, 0) is 12.1 Å². The average molecular weight is 282 g/mol. The summed E-state index contributed by atoms with van der Waals surface area (Å²) in [6.07, 6.45) is 3.73. The fraction of sp³-hybridized carbons (Fsp3) is 0.412. The van der Waals surface area contributed by atoms with Crippen molar-refractivity contribution in [3.05, 3.63) is 59.7 Å². The average Bonchev–Trinajstić information content (AvgIpc) is 2.51. The van der Waals surface area contributed by atoms with E-state index >= 15 is 0 Å². The largest absolute Gasteiger partial charge is 0.305 e. The van der Waals surface area contributed by atoms with Gasteiger partial charge in [-0.15, -0.1) is 0 Å². The molecule has 1 aliphatic rings. The smallest absolute Gasteiger partial charge is 0.0727 e. The molecule has 0 radical (unpaired) electrons. The SMILES string of the molecule is Cc1cnc(CN2CCNC(C)(c3ccccc3)C2)cn1. The predicted octanol–water partition coefficient (Wildman–Crippen LogP) is 2.11. The van der Waals surface area contributed by atoms with Crippen LogP contribution in [0.15, 0.2) is 42.7 Å². The molecule has 110 valence electrons. The second-order valence-electron chi connectivity index (χ2n) is 5.98. The fourth-order valence-corrected chi connectivity index (χ4v) is 2.94. The van der Waals surface area contributed by atoms with E-state index in [-0.39, 0.29) is 5.54 Å². The van der Waals surface area contributed by atoms with Gasteiger partial charge in [-0.3, -0.25) is 14.9 Å². The predicted molar refractivity (Wildman–Crippen MR) is 83.8 cm³/mol. The zero-order valence-electron chi connectivity index (χ0n) is 12.7. The van der Waals surface area contributed by atoms with Crippen LogP contribution in [0.2, 0.25) is 0 Å². The van der Waals surface area contributed by atoms with E-state index in [1.54, 1.807) is 0 Å². The van der Waals surface area contributed by atoms with Crippen molar-refractivity contribution in [1.82, 2.24) is 20.2 Å². The molecule has 1 aliphatic heterocycles. The van der Waals surface area contributed by atoms with Gasteiger partial charge in [0.2, 0.25) is 0 Å². The molecule has 0 aliphatic carbocycles. The van der Waals surface area contributed by atoms with E-state index in [1.807, 2.05) is 19.3 Å². The molecular formula is C17H22N4. The van der Waals surface area contributed by atoms with Gasteiger partial charge in [-0.05, 0) is 19.4 Å². The van der Waals surface area contributed by atoms with Gasteiger partial charge in [0.1, 0.15) is 0 Å². The summed E-state index contributed by atoms with van der Waals surface area (Å²) in [4.78, 5) is 11.2. The van der Waals surface area contributed by atoms with Crippen molar-refractivity contribution in [2.75, 3.05) is 19.6 Å². The molecule has 3 rings (SSSR count). The molecule has 4 nitrogen and oxygen atoms in total. The van der Waals surface area contributed by atoms with Crippen LogP contribution in [-0.4, -0.2) is 34.5 Å². The number of hydrogen-bond donors (Lipinski definition) is 1. The van der Waals surface area contributed by atoms with E-state index in [9.17, 15) is 0 Å². The Hall–Kier alpha value is -1.78. The van der Waals surface area contributed by atoms with Gasteiger partial charge in [-0.1, -0.05) is 30.3 Å². The third-order valence-electron chi connectivity index (χ3n) is 4.11. The van der Waals surface area contributed by atoms with Crippen LogP contribution < -0.4 is 5.32 Å². The highest BCUT2D eigenvalue weighted by molar-refractivity contribution is 5.25. The first kappa shape index (κ1) is 14.2. The van der Waals surface area contributed by atoms with Crippen molar-refractivity contribution < 1.29 is 0 Å². The van der Waals surface area contributed by atoms with Crippen LogP contribution in [0.4, 0.5) is 0 Å². The van der Waals surface area contributed by atoms with E-state index in [0.29, 0.717) is 0 Å². The Kier molecular flexibility index (Phi) is 3.99. The lowest BCUT2D eigenvalue weighted by atomic mass is 9.89. The molecule has 2 heterocycles. The molecule has 1 unspecified atom stereocenters.